The molecule has 10 nitrogen and oxygen atoms in total. The zero-order valence-electron chi connectivity index (χ0n) is 37.6. The first-order valence-electron chi connectivity index (χ1n) is 22.3. The van der Waals surface area contributed by atoms with Crippen molar-refractivity contribution in [2.24, 2.45) is 0 Å². The lowest BCUT2D eigenvalue weighted by Gasteiger charge is -2.51. The molecule has 2 aliphatic heterocycles. The molecule has 62 heavy (non-hydrogen) atoms. The van der Waals surface area contributed by atoms with Gasteiger partial charge in [0.05, 0.1) is 70.2 Å². The number of aliphatic hydroxyl groups excluding tert-OH is 1. The molecule has 2 fully saturated rings. The quantitative estimate of drug-likeness (QED) is 0.0467. The molecule has 0 spiro atoms. The lowest BCUT2D eigenvalue weighted by Crippen LogP contribution is -2.64. The molecule has 0 unspecified atom stereocenters. The SMILES string of the molecule is COCOCC[C@@H]1O[C@H](C[C@@H]2O[C@H](COCc3ccccc3)[C@@H](OCc3ccccc3)CC[C@H]2O)[C@@H](O[Si](C)(C)C(C)(C)C)[C@H](OCc2ccccc2)[C@H]1OCc1ccccc1. The van der Waals surface area contributed by atoms with E-state index in [2.05, 4.69) is 82.4 Å². The second-order valence-electron chi connectivity index (χ2n) is 18.1. The molecule has 11 heteroatoms. The minimum Gasteiger partial charge on any atom is -0.409 e. The van der Waals surface area contributed by atoms with Gasteiger partial charge in [0.1, 0.15) is 31.2 Å². The van der Waals surface area contributed by atoms with Gasteiger partial charge in [0, 0.05) is 13.5 Å². The Hall–Kier alpha value is -3.30. The van der Waals surface area contributed by atoms with E-state index in [1.165, 1.54) is 0 Å². The summed E-state index contributed by atoms with van der Waals surface area (Å²) in [6.07, 6.45) is -2.72. The number of hydrogen-bond donors (Lipinski definition) is 1. The molecule has 4 aromatic carbocycles. The van der Waals surface area contributed by atoms with Crippen LogP contribution in [0.4, 0.5) is 0 Å². The van der Waals surface area contributed by atoms with E-state index in [1.807, 2.05) is 72.8 Å². The lowest BCUT2D eigenvalue weighted by molar-refractivity contribution is -0.260. The topological polar surface area (TPSA) is 103 Å². The van der Waals surface area contributed by atoms with E-state index < -0.39 is 57.1 Å². The molecular formula is C51H70O10Si. The minimum atomic E-state index is -2.47. The summed E-state index contributed by atoms with van der Waals surface area (Å²) in [6, 6.07) is 40.6. The molecule has 0 bridgehead atoms. The third-order valence-corrected chi connectivity index (χ3v) is 16.9. The summed E-state index contributed by atoms with van der Waals surface area (Å²) >= 11 is 0. The van der Waals surface area contributed by atoms with Crippen molar-refractivity contribution in [2.75, 3.05) is 27.1 Å². The van der Waals surface area contributed by atoms with Gasteiger partial charge in [-0.05, 0) is 59.6 Å². The van der Waals surface area contributed by atoms with Crippen molar-refractivity contribution in [2.45, 2.75) is 146 Å². The van der Waals surface area contributed by atoms with Gasteiger partial charge in [-0.3, -0.25) is 0 Å². The maximum Gasteiger partial charge on any atom is 0.192 e. The average molecular weight is 871 g/mol. The molecule has 0 aliphatic carbocycles. The summed E-state index contributed by atoms with van der Waals surface area (Å²) in [5.74, 6) is 0. The largest absolute Gasteiger partial charge is 0.409 e. The molecule has 2 heterocycles. The Kier molecular flexibility index (Phi) is 18.7. The molecule has 4 aromatic rings. The summed E-state index contributed by atoms with van der Waals surface area (Å²) in [5.41, 5.74) is 4.25. The first-order valence-corrected chi connectivity index (χ1v) is 25.2. The summed E-state index contributed by atoms with van der Waals surface area (Å²) in [6.45, 7) is 13.7. The first-order chi connectivity index (χ1) is 30.0. The lowest BCUT2D eigenvalue weighted by atomic mass is 9.89. The number of hydrogen-bond acceptors (Lipinski definition) is 10. The van der Waals surface area contributed by atoms with E-state index >= 15 is 0 Å². The number of methoxy groups -OCH3 is 1. The molecule has 1 N–H and O–H groups in total. The van der Waals surface area contributed by atoms with Crippen LogP contribution in [0.2, 0.25) is 18.1 Å². The Morgan fingerprint density at radius 3 is 1.61 bits per heavy atom. The molecule has 0 amide bonds. The molecular weight excluding hydrogens is 801 g/mol. The molecule has 0 aromatic heterocycles. The first kappa shape index (κ1) is 48.2. The van der Waals surface area contributed by atoms with Crippen LogP contribution in [0.15, 0.2) is 121 Å². The zero-order valence-corrected chi connectivity index (χ0v) is 38.6. The standard InChI is InChI=1S/C51H70O10Si/c1-51(2,3)62(5,6)61-49-46(31-45-42(52)27-28-43(56-33-39-21-13-8-14-22-39)47(60-45)36-55-32-38-19-11-7-12-20-38)59-44(29-30-54-37-53-4)48(57-34-40-23-15-9-16-24-40)50(49)58-35-41-25-17-10-18-26-41/h7-26,42-50,52H,27-37H2,1-6H3/t42-,43+,44+,45+,46-,47-,48+,49-,50-/m1/s1. The van der Waals surface area contributed by atoms with Crippen molar-refractivity contribution in [1.82, 2.24) is 0 Å². The van der Waals surface area contributed by atoms with Crippen molar-refractivity contribution in [3.05, 3.63) is 144 Å². The highest BCUT2D eigenvalue weighted by Gasteiger charge is 2.53. The summed E-state index contributed by atoms with van der Waals surface area (Å²) in [5, 5.41) is 11.9. The molecule has 2 aliphatic rings. The number of rotatable bonds is 22. The Morgan fingerprint density at radius 2 is 1.08 bits per heavy atom. The fraction of sp³-hybridized carbons (Fsp3) is 0.529. The van der Waals surface area contributed by atoms with Crippen molar-refractivity contribution in [3.8, 4) is 0 Å². The minimum absolute atomic E-state index is 0.115. The third kappa shape index (κ3) is 14.4. The third-order valence-electron chi connectivity index (χ3n) is 12.4. The summed E-state index contributed by atoms with van der Waals surface area (Å²) in [7, 11) is -0.853. The summed E-state index contributed by atoms with van der Waals surface area (Å²) in [4.78, 5) is 0. The van der Waals surface area contributed by atoms with Gasteiger partial charge in [-0.25, -0.2) is 0 Å². The molecule has 0 radical (unpaired) electrons. The van der Waals surface area contributed by atoms with Crippen LogP contribution in [0.25, 0.3) is 0 Å². The van der Waals surface area contributed by atoms with Crippen LogP contribution < -0.4 is 0 Å². The Labute approximate surface area is 371 Å². The fourth-order valence-corrected chi connectivity index (χ4v) is 9.19. The zero-order chi connectivity index (χ0) is 43.8. The van der Waals surface area contributed by atoms with Crippen LogP contribution in [0.1, 0.15) is 68.7 Å². The van der Waals surface area contributed by atoms with Crippen LogP contribution >= 0.6 is 0 Å². The highest BCUT2D eigenvalue weighted by molar-refractivity contribution is 6.74. The van der Waals surface area contributed by atoms with Gasteiger partial charge in [0.2, 0.25) is 0 Å². The van der Waals surface area contributed by atoms with E-state index in [0.717, 1.165) is 22.3 Å². The molecule has 338 valence electrons. The second-order valence-corrected chi connectivity index (χ2v) is 22.9. The van der Waals surface area contributed by atoms with Gasteiger partial charge < -0.3 is 47.4 Å². The maximum absolute atomic E-state index is 12.0. The van der Waals surface area contributed by atoms with Crippen molar-refractivity contribution < 1.29 is 47.4 Å². The van der Waals surface area contributed by atoms with Crippen LogP contribution in [0.5, 0.6) is 0 Å². The van der Waals surface area contributed by atoms with Gasteiger partial charge in [0.25, 0.3) is 0 Å². The van der Waals surface area contributed by atoms with E-state index in [1.54, 1.807) is 7.11 Å². The van der Waals surface area contributed by atoms with E-state index in [4.69, 9.17) is 42.3 Å². The maximum atomic E-state index is 12.0. The number of benzene rings is 4. The van der Waals surface area contributed by atoms with E-state index in [9.17, 15) is 5.11 Å². The number of aliphatic hydroxyl groups is 1. The van der Waals surface area contributed by atoms with Gasteiger partial charge >= 0.3 is 0 Å². The molecule has 9 atom stereocenters. The van der Waals surface area contributed by atoms with E-state index in [-0.39, 0.29) is 17.9 Å². The fourth-order valence-electron chi connectivity index (χ4n) is 7.87. The predicted octanol–water partition coefficient (Wildman–Crippen LogP) is 9.43. The van der Waals surface area contributed by atoms with Crippen LogP contribution in [0, 0.1) is 0 Å². The van der Waals surface area contributed by atoms with Gasteiger partial charge in [-0.15, -0.1) is 0 Å². The smallest absolute Gasteiger partial charge is 0.192 e. The van der Waals surface area contributed by atoms with Crippen molar-refractivity contribution >= 4 is 8.32 Å². The van der Waals surface area contributed by atoms with Crippen LogP contribution in [-0.2, 0) is 68.7 Å². The highest BCUT2D eigenvalue weighted by Crippen LogP contribution is 2.42. The van der Waals surface area contributed by atoms with Crippen molar-refractivity contribution in [1.29, 1.82) is 0 Å². The Bertz CT molecular complexity index is 1810. The molecule has 2 saturated heterocycles. The van der Waals surface area contributed by atoms with Crippen LogP contribution in [0.3, 0.4) is 0 Å². The highest BCUT2D eigenvalue weighted by atomic mass is 28.4. The Balaban J connectivity index is 1.32. The summed E-state index contributed by atoms with van der Waals surface area (Å²) < 4.78 is 59.7. The van der Waals surface area contributed by atoms with E-state index in [0.29, 0.717) is 65.3 Å². The van der Waals surface area contributed by atoms with Gasteiger partial charge in [-0.2, -0.15) is 0 Å². The molecule has 6 rings (SSSR count). The second kappa shape index (κ2) is 24.1. The Morgan fingerprint density at radius 1 is 0.581 bits per heavy atom. The van der Waals surface area contributed by atoms with Crippen molar-refractivity contribution in [3.63, 3.8) is 0 Å². The monoisotopic (exact) mass is 870 g/mol. The molecule has 0 saturated carbocycles. The predicted molar refractivity (Wildman–Crippen MR) is 243 cm³/mol. The number of ether oxygens (including phenoxy) is 8. The van der Waals surface area contributed by atoms with Gasteiger partial charge in [-0.1, -0.05) is 142 Å². The van der Waals surface area contributed by atoms with Crippen LogP contribution in [-0.4, -0.2) is 95.5 Å². The average Bonchev–Trinajstić information content (AvgIpc) is 3.42. The normalized spacial score (nSPS) is 26.0. The van der Waals surface area contributed by atoms with Gasteiger partial charge in [0.15, 0.2) is 8.32 Å².